The molecule has 1 atom stereocenters. The summed E-state index contributed by atoms with van der Waals surface area (Å²) >= 11 is 0. The molecule has 0 bridgehead atoms. The van der Waals surface area contributed by atoms with Crippen LogP contribution in [0.25, 0.3) is 0 Å². The molecule has 2 heterocycles. The van der Waals surface area contributed by atoms with E-state index in [9.17, 15) is 0 Å². The molecule has 3 heteroatoms. The van der Waals surface area contributed by atoms with Crippen LogP contribution in [0.2, 0.25) is 0 Å². The van der Waals surface area contributed by atoms with E-state index in [4.69, 9.17) is 0 Å². The molecule has 0 spiro atoms. The highest BCUT2D eigenvalue weighted by Crippen LogP contribution is 2.20. The summed E-state index contributed by atoms with van der Waals surface area (Å²) in [6, 6.07) is 0.704. The van der Waals surface area contributed by atoms with Gasteiger partial charge in [-0.1, -0.05) is 13.3 Å². The molecule has 0 aromatic carbocycles. The van der Waals surface area contributed by atoms with Crippen LogP contribution in [0.4, 0.5) is 0 Å². The Morgan fingerprint density at radius 1 is 1.00 bits per heavy atom. The molecule has 0 aromatic rings. The van der Waals surface area contributed by atoms with E-state index in [1.807, 2.05) is 0 Å². The van der Waals surface area contributed by atoms with Gasteiger partial charge in [0.15, 0.2) is 0 Å². The number of rotatable bonds is 7. The normalized spacial score (nSPS) is 24.9. The van der Waals surface area contributed by atoms with E-state index < -0.39 is 0 Å². The van der Waals surface area contributed by atoms with Crippen LogP contribution in [0.15, 0.2) is 0 Å². The molecule has 0 aromatic heterocycles. The third kappa shape index (κ3) is 5.34. The van der Waals surface area contributed by atoms with E-state index >= 15 is 0 Å². The summed E-state index contributed by atoms with van der Waals surface area (Å²) in [5, 5.41) is 3.78. The smallest absolute Gasteiger partial charge is 0.00679 e. The van der Waals surface area contributed by atoms with Crippen molar-refractivity contribution in [2.24, 2.45) is 5.92 Å². The maximum absolute atomic E-state index is 3.78. The molecule has 118 valence electrons. The average Bonchev–Trinajstić information content (AvgIpc) is 2.52. The standard InChI is InChI=1S/C17H35N3/c1-3-19-14-8-17(9-15-19)16(2)18-10-7-13-20-11-5-4-6-12-20/h16-18H,3-15H2,1-2H3. The largest absolute Gasteiger partial charge is 0.314 e. The zero-order chi connectivity index (χ0) is 14.2. The summed E-state index contributed by atoms with van der Waals surface area (Å²) in [6.07, 6.45) is 8.36. The molecule has 0 saturated carbocycles. The first-order chi connectivity index (χ1) is 9.79. The van der Waals surface area contributed by atoms with Crippen molar-refractivity contribution in [2.45, 2.75) is 58.4 Å². The van der Waals surface area contributed by atoms with Gasteiger partial charge in [0, 0.05) is 6.04 Å². The van der Waals surface area contributed by atoms with E-state index in [1.54, 1.807) is 0 Å². The number of nitrogens with one attached hydrogen (secondary N) is 1. The second-order valence-corrected chi connectivity index (χ2v) is 6.77. The number of piperidine rings is 2. The fourth-order valence-electron chi connectivity index (χ4n) is 3.75. The van der Waals surface area contributed by atoms with Gasteiger partial charge in [0.25, 0.3) is 0 Å². The summed E-state index contributed by atoms with van der Waals surface area (Å²) in [7, 11) is 0. The lowest BCUT2D eigenvalue weighted by Gasteiger charge is -2.34. The Morgan fingerprint density at radius 3 is 2.35 bits per heavy atom. The summed E-state index contributed by atoms with van der Waals surface area (Å²) in [5.41, 5.74) is 0. The maximum Gasteiger partial charge on any atom is 0.00679 e. The fourth-order valence-corrected chi connectivity index (χ4v) is 3.75. The van der Waals surface area contributed by atoms with Gasteiger partial charge in [0.1, 0.15) is 0 Å². The van der Waals surface area contributed by atoms with Gasteiger partial charge >= 0.3 is 0 Å². The molecule has 0 aliphatic carbocycles. The van der Waals surface area contributed by atoms with Gasteiger partial charge in [0.05, 0.1) is 0 Å². The minimum absolute atomic E-state index is 0.704. The fraction of sp³-hybridized carbons (Fsp3) is 1.00. The van der Waals surface area contributed by atoms with Crippen molar-refractivity contribution < 1.29 is 0 Å². The van der Waals surface area contributed by atoms with Crippen molar-refractivity contribution in [1.82, 2.24) is 15.1 Å². The lowest BCUT2D eigenvalue weighted by Crippen LogP contribution is -2.42. The molecule has 2 rings (SSSR count). The second kappa shape index (κ2) is 9.01. The molecule has 2 aliphatic rings. The van der Waals surface area contributed by atoms with Crippen LogP contribution in [-0.2, 0) is 0 Å². The maximum atomic E-state index is 3.78. The van der Waals surface area contributed by atoms with Gasteiger partial charge in [0.2, 0.25) is 0 Å². The molecule has 20 heavy (non-hydrogen) atoms. The van der Waals surface area contributed by atoms with Crippen molar-refractivity contribution in [3.63, 3.8) is 0 Å². The van der Waals surface area contributed by atoms with Crippen molar-refractivity contribution in [1.29, 1.82) is 0 Å². The second-order valence-electron chi connectivity index (χ2n) is 6.77. The van der Waals surface area contributed by atoms with Gasteiger partial charge in [-0.3, -0.25) is 0 Å². The number of likely N-dealkylation sites (tertiary alicyclic amines) is 2. The lowest BCUT2D eigenvalue weighted by atomic mass is 9.90. The molecule has 0 amide bonds. The van der Waals surface area contributed by atoms with Crippen molar-refractivity contribution >= 4 is 0 Å². The molecule has 0 radical (unpaired) electrons. The van der Waals surface area contributed by atoms with Crippen LogP contribution in [0.3, 0.4) is 0 Å². The minimum atomic E-state index is 0.704. The highest BCUT2D eigenvalue weighted by molar-refractivity contribution is 4.79. The van der Waals surface area contributed by atoms with Crippen molar-refractivity contribution in [2.75, 3.05) is 45.8 Å². The Balaban J connectivity index is 1.52. The highest BCUT2D eigenvalue weighted by Gasteiger charge is 2.22. The SMILES string of the molecule is CCN1CCC(C(C)NCCCN2CCCCC2)CC1. The van der Waals surface area contributed by atoms with E-state index in [1.165, 1.54) is 84.3 Å². The van der Waals surface area contributed by atoms with Crippen molar-refractivity contribution in [3.05, 3.63) is 0 Å². The number of hydrogen-bond acceptors (Lipinski definition) is 3. The van der Waals surface area contributed by atoms with E-state index in [0.717, 1.165) is 5.92 Å². The van der Waals surface area contributed by atoms with Crippen molar-refractivity contribution in [3.8, 4) is 0 Å². The predicted molar refractivity (Wildman–Crippen MR) is 87.2 cm³/mol. The van der Waals surface area contributed by atoms with Crippen LogP contribution in [-0.4, -0.2) is 61.7 Å². The average molecular weight is 281 g/mol. The molecular formula is C17H35N3. The Kier molecular flexibility index (Phi) is 7.32. The van der Waals surface area contributed by atoms with Gasteiger partial charge in [-0.25, -0.2) is 0 Å². The van der Waals surface area contributed by atoms with Crippen LogP contribution < -0.4 is 5.32 Å². The van der Waals surface area contributed by atoms with Crippen LogP contribution >= 0.6 is 0 Å². The summed E-state index contributed by atoms with van der Waals surface area (Å²) < 4.78 is 0. The summed E-state index contributed by atoms with van der Waals surface area (Å²) in [5.74, 6) is 0.896. The molecule has 2 fully saturated rings. The van der Waals surface area contributed by atoms with Crippen LogP contribution in [0.1, 0.15) is 52.4 Å². The topological polar surface area (TPSA) is 18.5 Å². The Labute approximate surface area is 126 Å². The monoisotopic (exact) mass is 281 g/mol. The molecule has 2 saturated heterocycles. The Morgan fingerprint density at radius 2 is 1.70 bits per heavy atom. The molecule has 3 nitrogen and oxygen atoms in total. The first kappa shape index (κ1) is 16.3. The van der Waals surface area contributed by atoms with Gasteiger partial charge < -0.3 is 15.1 Å². The summed E-state index contributed by atoms with van der Waals surface area (Å²) in [6.45, 7) is 13.7. The molecular weight excluding hydrogens is 246 g/mol. The zero-order valence-corrected chi connectivity index (χ0v) is 13.7. The van der Waals surface area contributed by atoms with E-state index in [2.05, 4.69) is 29.0 Å². The molecule has 1 unspecified atom stereocenters. The minimum Gasteiger partial charge on any atom is -0.314 e. The third-order valence-electron chi connectivity index (χ3n) is 5.35. The quantitative estimate of drug-likeness (QED) is 0.724. The number of hydrogen-bond donors (Lipinski definition) is 1. The van der Waals surface area contributed by atoms with Gasteiger partial charge in [-0.05, 0) is 90.8 Å². The summed E-state index contributed by atoms with van der Waals surface area (Å²) in [4.78, 5) is 5.23. The highest BCUT2D eigenvalue weighted by atomic mass is 15.1. The first-order valence-electron chi connectivity index (χ1n) is 8.97. The first-order valence-corrected chi connectivity index (χ1v) is 8.97. The van der Waals surface area contributed by atoms with Crippen LogP contribution in [0, 0.1) is 5.92 Å². The van der Waals surface area contributed by atoms with E-state index in [-0.39, 0.29) is 0 Å². The molecule has 2 aliphatic heterocycles. The zero-order valence-electron chi connectivity index (χ0n) is 13.7. The number of nitrogens with zero attached hydrogens (tertiary/aromatic N) is 2. The Hall–Kier alpha value is -0.120. The van der Waals surface area contributed by atoms with E-state index in [0.29, 0.717) is 6.04 Å². The predicted octanol–water partition coefficient (Wildman–Crippen LogP) is 2.57. The molecule has 1 N–H and O–H groups in total. The van der Waals surface area contributed by atoms with Gasteiger partial charge in [-0.2, -0.15) is 0 Å². The van der Waals surface area contributed by atoms with Crippen LogP contribution in [0.5, 0.6) is 0 Å². The van der Waals surface area contributed by atoms with Gasteiger partial charge in [-0.15, -0.1) is 0 Å². The third-order valence-corrected chi connectivity index (χ3v) is 5.35. The lowest BCUT2D eigenvalue weighted by molar-refractivity contribution is 0.167. The Bertz CT molecular complexity index is 243.